The number of benzene rings is 1. The second kappa shape index (κ2) is 6.12. The quantitative estimate of drug-likeness (QED) is 0.696. The van der Waals surface area contributed by atoms with E-state index in [1.807, 2.05) is 19.1 Å². The molecule has 0 amide bonds. The molecule has 25 heavy (non-hydrogen) atoms. The van der Waals surface area contributed by atoms with Gasteiger partial charge in [-0.05, 0) is 36.2 Å². The standard InChI is InChI=1S/C17H17N3O4S/c1-2-12-5-7-14(8-6-12)25(21,22)20-10-13(11-20)17-18-16(19-24-17)15-4-3-9-23-15/h3-9,13H,2,10-11H2,1H3. The van der Waals surface area contributed by atoms with Crippen molar-refractivity contribution in [1.82, 2.24) is 14.4 Å². The highest BCUT2D eigenvalue weighted by molar-refractivity contribution is 7.89. The normalized spacial score (nSPS) is 16.0. The molecule has 1 aromatic carbocycles. The van der Waals surface area contributed by atoms with Crippen LogP contribution in [0, 0.1) is 0 Å². The molecule has 3 heterocycles. The minimum atomic E-state index is -3.48. The molecule has 0 spiro atoms. The second-order valence-corrected chi connectivity index (χ2v) is 7.89. The molecular formula is C17H17N3O4S. The summed E-state index contributed by atoms with van der Waals surface area (Å²) in [5.74, 6) is 1.23. The molecule has 0 radical (unpaired) electrons. The third-order valence-electron chi connectivity index (χ3n) is 4.35. The van der Waals surface area contributed by atoms with Gasteiger partial charge in [0.05, 0.1) is 17.1 Å². The van der Waals surface area contributed by atoms with E-state index in [0.717, 1.165) is 12.0 Å². The summed E-state index contributed by atoms with van der Waals surface area (Å²) in [5.41, 5.74) is 1.11. The molecule has 1 saturated heterocycles. The van der Waals surface area contributed by atoms with Crippen LogP contribution < -0.4 is 0 Å². The van der Waals surface area contributed by atoms with Gasteiger partial charge in [0.25, 0.3) is 0 Å². The van der Waals surface area contributed by atoms with Crippen molar-refractivity contribution in [2.75, 3.05) is 13.1 Å². The Morgan fingerprint density at radius 2 is 1.96 bits per heavy atom. The molecular weight excluding hydrogens is 342 g/mol. The predicted molar refractivity (Wildman–Crippen MR) is 89.3 cm³/mol. The van der Waals surface area contributed by atoms with E-state index < -0.39 is 10.0 Å². The zero-order valence-corrected chi connectivity index (χ0v) is 14.4. The van der Waals surface area contributed by atoms with Crippen LogP contribution in [0.25, 0.3) is 11.6 Å². The van der Waals surface area contributed by atoms with Crippen molar-refractivity contribution >= 4 is 10.0 Å². The number of hydrogen-bond donors (Lipinski definition) is 0. The Hall–Kier alpha value is -2.45. The van der Waals surface area contributed by atoms with Gasteiger partial charge in [-0.3, -0.25) is 0 Å². The van der Waals surface area contributed by atoms with E-state index >= 15 is 0 Å². The fourth-order valence-corrected chi connectivity index (χ4v) is 4.27. The van der Waals surface area contributed by atoms with Crippen molar-refractivity contribution in [3.63, 3.8) is 0 Å². The minimum absolute atomic E-state index is 0.0964. The molecule has 0 unspecified atom stereocenters. The Labute approximate surface area is 145 Å². The zero-order valence-electron chi connectivity index (χ0n) is 13.6. The van der Waals surface area contributed by atoms with Crippen molar-refractivity contribution < 1.29 is 17.4 Å². The molecule has 0 N–H and O–H groups in total. The summed E-state index contributed by atoms with van der Waals surface area (Å²) in [6.07, 6.45) is 2.41. The molecule has 1 fully saturated rings. The van der Waals surface area contributed by atoms with Crippen LogP contribution in [0.5, 0.6) is 0 Å². The fraction of sp³-hybridized carbons (Fsp3) is 0.294. The number of aromatic nitrogens is 2. The number of furan rings is 1. The van der Waals surface area contributed by atoms with Crippen LogP contribution in [0.15, 0.2) is 56.5 Å². The van der Waals surface area contributed by atoms with Gasteiger partial charge < -0.3 is 8.94 Å². The molecule has 3 aromatic rings. The SMILES string of the molecule is CCc1ccc(S(=O)(=O)N2CC(c3nc(-c4ccco4)no3)C2)cc1. The molecule has 0 atom stereocenters. The van der Waals surface area contributed by atoms with Crippen LogP contribution in [0.3, 0.4) is 0 Å². The van der Waals surface area contributed by atoms with Gasteiger partial charge in [-0.2, -0.15) is 9.29 Å². The van der Waals surface area contributed by atoms with E-state index in [1.54, 1.807) is 24.3 Å². The highest BCUT2D eigenvalue weighted by Crippen LogP contribution is 2.32. The highest BCUT2D eigenvalue weighted by Gasteiger charge is 2.40. The summed E-state index contributed by atoms with van der Waals surface area (Å²) in [6.45, 7) is 2.69. The van der Waals surface area contributed by atoms with Crippen molar-refractivity contribution in [3.05, 3.63) is 54.1 Å². The van der Waals surface area contributed by atoms with Crippen LogP contribution >= 0.6 is 0 Å². The maximum atomic E-state index is 12.6. The predicted octanol–water partition coefficient (Wildman–Crippen LogP) is 2.68. The Morgan fingerprint density at radius 1 is 1.20 bits per heavy atom. The van der Waals surface area contributed by atoms with Gasteiger partial charge in [0.2, 0.25) is 21.7 Å². The van der Waals surface area contributed by atoms with E-state index in [4.69, 9.17) is 8.94 Å². The van der Waals surface area contributed by atoms with E-state index in [1.165, 1.54) is 10.6 Å². The number of rotatable bonds is 5. The molecule has 130 valence electrons. The average Bonchev–Trinajstić information content (AvgIpc) is 3.24. The van der Waals surface area contributed by atoms with Crippen molar-refractivity contribution in [2.45, 2.75) is 24.2 Å². The number of sulfonamides is 1. The highest BCUT2D eigenvalue weighted by atomic mass is 32.2. The van der Waals surface area contributed by atoms with Crippen molar-refractivity contribution in [3.8, 4) is 11.6 Å². The van der Waals surface area contributed by atoms with Gasteiger partial charge in [-0.25, -0.2) is 8.42 Å². The van der Waals surface area contributed by atoms with Crippen LogP contribution in [-0.4, -0.2) is 36.0 Å². The lowest BCUT2D eigenvalue weighted by Gasteiger charge is -2.35. The summed E-state index contributed by atoms with van der Waals surface area (Å²) in [4.78, 5) is 4.60. The van der Waals surface area contributed by atoms with E-state index in [0.29, 0.717) is 35.5 Å². The third kappa shape index (κ3) is 2.87. The first kappa shape index (κ1) is 16.0. The number of nitrogens with zero attached hydrogens (tertiary/aromatic N) is 3. The first-order valence-corrected chi connectivity index (χ1v) is 9.48. The maximum Gasteiger partial charge on any atom is 0.243 e. The molecule has 0 saturated carbocycles. The summed E-state index contributed by atoms with van der Waals surface area (Å²) < 4.78 is 37.2. The Kier molecular flexibility index (Phi) is 3.93. The molecule has 7 nitrogen and oxygen atoms in total. The Morgan fingerprint density at radius 3 is 2.60 bits per heavy atom. The lowest BCUT2D eigenvalue weighted by Crippen LogP contribution is -2.48. The molecule has 4 rings (SSSR count). The lowest BCUT2D eigenvalue weighted by atomic mass is 10.0. The lowest BCUT2D eigenvalue weighted by molar-refractivity contribution is 0.217. The molecule has 0 bridgehead atoms. The van der Waals surface area contributed by atoms with Crippen LogP contribution in [0.1, 0.15) is 24.3 Å². The van der Waals surface area contributed by atoms with Crippen molar-refractivity contribution in [2.24, 2.45) is 0 Å². The number of hydrogen-bond acceptors (Lipinski definition) is 6. The Bertz CT molecular complexity index is 956. The zero-order chi connectivity index (χ0) is 17.4. The van der Waals surface area contributed by atoms with Gasteiger partial charge in [0.1, 0.15) is 0 Å². The van der Waals surface area contributed by atoms with Gasteiger partial charge in [0.15, 0.2) is 5.76 Å². The van der Waals surface area contributed by atoms with Crippen molar-refractivity contribution in [1.29, 1.82) is 0 Å². The van der Waals surface area contributed by atoms with E-state index in [9.17, 15) is 8.42 Å². The van der Waals surface area contributed by atoms with Gasteiger partial charge in [0, 0.05) is 13.1 Å². The molecule has 8 heteroatoms. The monoisotopic (exact) mass is 359 g/mol. The van der Waals surface area contributed by atoms with Gasteiger partial charge in [-0.1, -0.05) is 24.2 Å². The first-order chi connectivity index (χ1) is 12.1. The van der Waals surface area contributed by atoms with E-state index in [2.05, 4.69) is 10.1 Å². The molecule has 0 aliphatic carbocycles. The first-order valence-electron chi connectivity index (χ1n) is 8.04. The van der Waals surface area contributed by atoms with Crippen LogP contribution in [-0.2, 0) is 16.4 Å². The van der Waals surface area contributed by atoms with Gasteiger partial charge in [-0.15, -0.1) is 0 Å². The topological polar surface area (TPSA) is 89.4 Å². The maximum absolute atomic E-state index is 12.6. The molecule has 1 aliphatic rings. The minimum Gasteiger partial charge on any atom is -0.461 e. The summed E-state index contributed by atoms with van der Waals surface area (Å²) in [6, 6.07) is 10.5. The molecule has 1 aliphatic heterocycles. The fourth-order valence-electron chi connectivity index (χ4n) is 2.74. The van der Waals surface area contributed by atoms with Gasteiger partial charge >= 0.3 is 0 Å². The summed E-state index contributed by atoms with van der Waals surface area (Å²) >= 11 is 0. The second-order valence-electron chi connectivity index (χ2n) is 5.95. The Balaban J connectivity index is 1.46. The van der Waals surface area contributed by atoms with Crippen LogP contribution in [0.2, 0.25) is 0 Å². The van der Waals surface area contributed by atoms with E-state index in [-0.39, 0.29) is 5.92 Å². The summed E-state index contributed by atoms with van der Waals surface area (Å²) in [7, 11) is -3.48. The molecule has 2 aromatic heterocycles. The average molecular weight is 359 g/mol. The summed E-state index contributed by atoms with van der Waals surface area (Å²) in [5, 5.41) is 3.88. The number of aryl methyl sites for hydroxylation is 1. The smallest absolute Gasteiger partial charge is 0.243 e. The van der Waals surface area contributed by atoms with Crippen LogP contribution in [0.4, 0.5) is 0 Å². The largest absolute Gasteiger partial charge is 0.461 e. The third-order valence-corrected chi connectivity index (χ3v) is 6.20.